The van der Waals surface area contributed by atoms with Crippen molar-refractivity contribution in [2.24, 2.45) is 5.73 Å². The highest BCUT2D eigenvalue weighted by Crippen LogP contribution is 2.14. The van der Waals surface area contributed by atoms with Gasteiger partial charge in [0.15, 0.2) is 0 Å². The van der Waals surface area contributed by atoms with E-state index in [4.69, 9.17) is 10.5 Å². The van der Waals surface area contributed by atoms with Crippen LogP contribution in [0.2, 0.25) is 0 Å². The van der Waals surface area contributed by atoms with E-state index >= 15 is 0 Å². The molecule has 0 unspecified atom stereocenters. The number of aryl methyl sites for hydroxylation is 1. The molecule has 0 radical (unpaired) electrons. The smallest absolute Gasteiger partial charge is 0.296 e. The second kappa shape index (κ2) is 5.16. The summed E-state index contributed by atoms with van der Waals surface area (Å²) in [6.07, 6.45) is 5.48. The van der Waals surface area contributed by atoms with Gasteiger partial charge in [-0.2, -0.15) is 0 Å². The van der Waals surface area contributed by atoms with Crippen LogP contribution in [0.1, 0.15) is 33.6 Å². The van der Waals surface area contributed by atoms with E-state index in [1.165, 1.54) is 0 Å². The summed E-state index contributed by atoms with van der Waals surface area (Å²) in [5.74, 6) is 0. The average molecular weight is 211 g/mol. The van der Waals surface area contributed by atoms with Crippen LogP contribution in [0.4, 0.5) is 0 Å². The molecule has 1 aromatic rings. The summed E-state index contributed by atoms with van der Waals surface area (Å²) >= 11 is 0. The van der Waals surface area contributed by atoms with Crippen molar-refractivity contribution < 1.29 is 4.74 Å². The topological polar surface area (TPSA) is 53.1 Å². The lowest BCUT2D eigenvalue weighted by Gasteiger charge is -2.26. The summed E-state index contributed by atoms with van der Waals surface area (Å²) in [5, 5.41) is 0. The van der Waals surface area contributed by atoms with Gasteiger partial charge in [0.1, 0.15) is 6.61 Å². The molecule has 0 atom stereocenters. The maximum Gasteiger partial charge on any atom is 0.296 e. The van der Waals surface area contributed by atoms with Gasteiger partial charge >= 0.3 is 0 Å². The molecule has 1 aromatic heterocycles. The number of nitrogens with two attached hydrogens (primary N) is 1. The first-order chi connectivity index (χ1) is 7.15. The highest BCUT2D eigenvalue weighted by molar-refractivity contribution is 4.99. The van der Waals surface area contributed by atoms with Gasteiger partial charge in [-0.05, 0) is 19.8 Å². The van der Waals surface area contributed by atoms with Crippen molar-refractivity contribution in [1.29, 1.82) is 0 Å². The predicted octanol–water partition coefficient (Wildman–Crippen LogP) is 1.80. The molecular formula is C11H21N3O. The first-order valence-electron chi connectivity index (χ1n) is 5.58. The molecule has 0 amide bonds. The summed E-state index contributed by atoms with van der Waals surface area (Å²) < 4.78 is 7.61. The fourth-order valence-electron chi connectivity index (χ4n) is 1.34. The lowest BCUT2D eigenvalue weighted by molar-refractivity contribution is 0.187. The Morgan fingerprint density at radius 2 is 2.07 bits per heavy atom. The number of hydrogen-bond donors (Lipinski definition) is 1. The first kappa shape index (κ1) is 12.0. The Bertz CT molecular complexity index is 292. The minimum absolute atomic E-state index is 0.232. The number of rotatable bonds is 6. The van der Waals surface area contributed by atoms with Crippen LogP contribution >= 0.6 is 0 Å². The van der Waals surface area contributed by atoms with E-state index in [9.17, 15) is 0 Å². The molecule has 1 rings (SSSR count). The predicted molar refractivity (Wildman–Crippen MR) is 60.9 cm³/mol. The molecule has 0 aromatic carbocycles. The maximum atomic E-state index is 6.14. The molecule has 86 valence electrons. The van der Waals surface area contributed by atoms with Crippen molar-refractivity contribution in [2.45, 2.75) is 45.7 Å². The number of imidazole rings is 1. The monoisotopic (exact) mass is 211 g/mol. The van der Waals surface area contributed by atoms with Crippen LogP contribution in [0.3, 0.4) is 0 Å². The molecule has 0 fully saturated rings. The van der Waals surface area contributed by atoms with Gasteiger partial charge in [0.05, 0.1) is 0 Å². The maximum absolute atomic E-state index is 6.14. The van der Waals surface area contributed by atoms with Crippen LogP contribution in [0.15, 0.2) is 12.4 Å². The lowest BCUT2D eigenvalue weighted by atomic mass is 9.96. The molecule has 0 bridgehead atoms. The summed E-state index contributed by atoms with van der Waals surface area (Å²) in [7, 11) is 0. The van der Waals surface area contributed by atoms with Gasteiger partial charge in [0, 0.05) is 24.5 Å². The van der Waals surface area contributed by atoms with E-state index in [2.05, 4.69) is 25.8 Å². The number of aromatic nitrogens is 2. The first-order valence-corrected chi connectivity index (χ1v) is 5.58. The number of hydrogen-bond acceptors (Lipinski definition) is 3. The lowest BCUT2D eigenvalue weighted by Crippen LogP contribution is -2.44. The van der Waals surface area contributed by atoms with E-state index in [1.54, 1.807) is 6.20 Å². The van der Waals surface area contributed by atoms with Crippen molar-refractivity contribution in [3.05, 3.63) is 12.4 Å². The summed E-state index contributed by atoms with van der Waals surface area (Å²) in [5.41, 5.74) is 5.91. The number of ether oxygens (including phenoxy) is 1. The van der Waals surface area contributed by atoms with Gasteiger partial charge in [-0.3, -0.25) is 0 Å². The molecule has 0 aliphatic rings. The van der Waals surface area contributed by atoms with Crippen LogP contribution in [0.5, 0.6) is 6.01 Å². The second-order valence-corrected chi connectivity index (χ2v) is 3.85. The highest BCUT2D eigenvalue weighted by atomic mass is 16.5. The Balaban J connectivity index is 2.56. The molecule has 4 nitrogen and oxygen atoms in total. The summed E-state index contributed by atoms with van der Waals surface area (Å²) in [6, 6.07) is 0.661. The Morgan fingerprint density at radius 3 is 2.60 bits per heavy atom. The Morgan fingerprint density at radius 1 is 1.40 bits per heavy atom. The van der Waals surface area contributed by atoms with Crippen LogP contribution < -0.4 is 10.5 Å². The van der Waals surface area contributed by atoms with Gasteiger partial charge in [-0.25, -0.2) is 4.98 Å². The standard InChI is InChI=1S/C11H21N3O/c1-4-11(12,5-2)9-15-10-13-7-8-14(10)6-3/h7-8H,4-6,9,12H2,1-3H3. The molecule has 0 saturated carbocycles. The van der Waals surface area contributed by atoms with E-state index in [0.717, 1.165) is 19.4 Å². The van der Waals surface area contributed by atoms with E-state index in [0.29, 0.717) is 12.6 Å². The zero-order valence-corrected chi connectivity index (χ0v) is 9.86. The van der Waals surface area contributed by atoms with E-state index < -0.39 is 0 Å². The fourth-order valence-corrected chi connectivity index (χ4v) is 1.34. The quantitative estimate of drug-likeness (QED) is 0.780. The molecule has 0 aliphatic heterocycles. The third kappa shape index (κ3) is 2.96. The third-order valence-corrected chi connectivity index (χ3v) is 2.91. The molecule has 0 spiro atoms. The van der Waals surface area contributed by atoms with Crippen molar-refractivity contribution in [1.82, 2.24) is 9.55 Å². The van der Waals surface area contributed by atoms with Gasteiger partial charge < -0.3 is 15.0 Å². The SMILES string of the molecule is CCn1ccnc1OCC(N)(CC)CC. The van der Waals surface area contributed by atoms with Crippen LogP contribution in [0.25, 0.3) is 0 Å². The summed E-state index contributed by atoms with van der Waals surface area (Å²) in [4.78, 5) is 4.14. The van der Waals surface area contributed by atoms with Crippen LogP contribution in [-0.2, 0) is 6.54 Å². The zero-order valence-electron chi connectivity index (χ0n) is 9.86. The van der Waals surface area contributed by atoms with E-state index in [-0.39, 0.29) is 5.54 Å². The van der Waals surface area contributed by atoms with Gasteiger partial charge in [0.2, 0.25) is 0 Å². The molecule has 4 heteroatoms. The summed E-state index contributed by atoms with van der Waals surface area (Å²) in [6.45, 7) is 7.62. The van der Waals surface area contributed by atoms with E-state index in [1.807, 2.05) is 10.8 Å². The molecule has 0 aliphatic carbocycles. The fraction of sp³-hybridized carbons (Fsp3) is 0.727. The average Bonchev–Trinajstić information content (AvgIpc) is 2.73. The van der Waals surface area contributed by atoms with Crippen molar-refractivity contribution in [3.8, 4) is 6.01 Å². The minimum Gasteiger partial charge on any atom is -0.463 e. The minimum atomic E-state index is -0.232. The van der Waals surface area contributed by atoms with Crippen LogP contribution in [-0.4, -0.2) is 21.7 Å². The van der Waals surface area contributed by atoms with Gasteiger partial charge in [0.25, 0.3) is 6.01 Å². The Kier molecular flexibility index (Phi) is 4.15. The van der Waals surface area contributed by atoms with Gasteiger partial charge in [-0.1, -0.05) is 13.8 Å². The molecule has 1 heterocycles. The van der Waals surface area contributed by atoms with Crippen LogP contribution in [0, 0.1) is 0 Å². The molecule has 2 N–H and O–H groups in total. The van der Waals surface area contributed by atoms with Crippen molar-refractivity contribution >= 4 is 0 Å². The molecule has 15 heavy (non-hydrogen) atoms. The normalized spacial score (nSPS) is 11.7. The van der Waals surface area contributed by atoms with Gasteiger partial charge in [-0.15, -0.1) is 0 Å². The Hall–Kier alpha value is -1.03. The Labute approximate surface area is 91.4 Å². The molecule has 0 saturated heterocycles. The number of nitrogens with zero attached hydrogens (tertiary/aromatic N) is 2. The highest BCUT2D eigenvalue weighted by Gasteiger charge is 2.21. The molecular weight excluding hydrogens is 190 g/mol. The zero-order chi connectivity index (χ0) is 11.3. The van der Waals surface area contributed by atoms with Crippen molar-refractivity contribution in [2.75, 3.05) is 6.61 Å². The largest absolute Gasteiger partial charge is 0.463 e. The van der Waals surface area contributed by atoms with Crippen molar-refractivity contribution in [3.63, 3.8) is 0 Å². The third-order valence-electron chi connectivity index (χ3n) is 2.91. The second-order valence-electron chi connectivity index (χ2n) is 3.85.